The van der Waals surface area contributed by atoms with Gasteiger partial charge < -0.3 is 5.73 Å². The monoisotopic (exact) mass is 374 g/mol. The molecule has 2 N–H and O–H groups in total. The van der Waals surface area contributed by atoms with Crippen molar-refractivity contribution in [3.05, 3.63) is 15.9 Å². The molecule has 18 heavy (non-hydrogen) atoms. The predicted molar refractivity (Wildman–Crippen MR) is 79.8 cm³/mol. The van der Waals surface area contributed by atoms with Crippen LogP contribution >= 0.6 is 39.7 Å². The minimum absolute atomic E-state index is 0. The Morgan fingerprint density at radius 1 is 1.61 bits per heavy atom. The van der Waals surface area contributed by atoms with E-state index in [2.05, 4.69) is 15.9 Å². The van der Waals surface area contributed by atoms with Crippen molar-refractivity contribution in [3.8, 4) is 0 Å². The third kappa shape index (κ3) is 2.91. The first-order chi connectivity index (χ1) is 7.96. The maximum atomic E-state index is 12.5. The summed E-state index contributed by atoms with van der Waals surface area (Å²) in [6, 6.07) is 1.79. The van der Waals surface area contributed by atoms with Crippen molar-refractivity contribution in [2.75, 3.05) is 13.1 Å². The van der Waals surface area contributed by atoms with Crippen molar-refractivity contribution in [1.29, 1.82) is 0 Å². The van der Waals surface area contributed by atoms with Gasteiger partial charge in [0.2, 0.25) is 0 Å². The lowest BCUT2D eigenvalue weighted by atomic mass is 10.1. The summed E-state index contributed by atoms with van der Waals surface area (Å²) in [5.41, 5.74) is 5.62. The molecule has 1 fully saturated rings. The fraction of sp³-hybridized carbons (Fsp3) is 0.600. The molecule has 2 heterocycles. The van der Waals surface area contributed by atoms with E-state index in [1.54, 1.807) is 15.8 Å². The molecule has 0 bridgehead atoms. The van der Waals surface area contributed by atoms with Crippen LogP contribution in [0.25, 0.3) is 0 Å². The van der Waals surface area contributed by atoms with Crippen molar-refractivity contribution >= 4 is 49.7 Å². The summed E-state index contributed by atoms with van der Waals surface area (Å²) in [6.45, 7) is 3.01. The summed E-state index contributed by atoms with van der Waals surface area (Å²) in [6.07, 6.45) is 0.846. The van der Waals surface area contributed by atoms with Gasteiger partial charge in [-0.1, -0.05) is 0 Å². The number of rotatable bonds is 3. The van der Waals surface area contributed by atoms with Gasteiger partial charge in [-0.2, -0.15) is 4.31 Å². The summed E-state index contributed by atoms with van der Waals surface area (Å²) in [5.74, 6) is 0.276. The van der Waals surface area contributed by atoms with E-state index < -0.39 is 10.0 Å². The Morgan fingerprint density at radius 2 is 2.28 bits per heavy atom. The molecular formula is C10H16BrClN2O2S2. The molecule has 1 saturated heterocycles. The largest absolute Gasteiger partial charge is 0.330 e. The minimum Gasteiger partial charge on any atom is -0.330 e. The minimum atomic E-state index is -3.37. The number of nitrogens with zero attached hydrogens (tertiary/aromatic N) is 1. The first-order valence-electron chi connectivity index (χ1n) is 5.41. The molecule has 104 valence electrons. The summed E-state index contributed by atoms with van der Waals surface area (Å²) in [4.78, 5) is 0. The van der Waals surface area contributed by atoms with Gasteiger partial charge in [0.05, 0.1) is 0 Å². The van der Waals surface area contributed by atoms with E-state index in [0.717, 1.165) is 6.42 Å². The van der Waals surface area contributed by atoms with E-state index >= 15 is 0 Å². The second-order valence-electron chi connectivity index (χ2n) is 4.32. The Labute approximate surface area is 126 Å². The van der Waals surface area contributed by atoms with Gasteiger partial charge in [-0.3, -0.25) is 0 Å². The molecule has 0 spiro atoms. The van der Waals surface area contributed by atoms with Gasteiger partial charge in [0.1, 0.15) is 4.21 Å². The van der Waals surface area contributed by atoms with Crippen molar-refractivity contribution < 1.29 is 8.42 Å². The van der Waals surface area contributed by atoms with Crippen LogP contribution in [-0.2, 0) is 10.0 Å². The van der Waals surface area contributed by atoms with Crippen molar-refractivity contribution in [2.24, 2.45) is 11.7 Å². The SMILES string of the molecule is CC1CC(CN)CN1S(=O)(=O)c1sccc1Br.Cl. The van der Waals surface area contributed by atoms with Crippen molar-refractivity contribution in [1.82, 2.24) is 4.31 Å². The maximum Gasteiger partial charge on any atom is 0.253 e. The summed E-state index contributed by atoms with van der Waals surface area (Å²) >= 11 is 4.53. The number of hydrogen-bond acceptors (Lipinski definition) is 4. The van der Waals surface area contributed by atoms with Crippen LogP contribution in [0, 0.1) is 5.92 Å². The van der Waals surface area contributed by atoms with Crippen LogP contribution in [0.1, 0.15) is 13.3 Å². The second-order valence-corrected chi connectivity index (χ2v) is 8.17. The first-order valence-corrected chi connectivity index (χ1v) is 8.53. The fourth-order valence-corrected chi connectivity index (χ4v) is 6.33. The molecule has 2 atom stereocenters. The fourth-order valence-electron chi connectivity index (χ4n) is 2.19. The van der Waals surface area contributed by atoms with Gasteiger partial charge in [0.25, 0.3) is 10.0 Å². The first kappa shape index (κ1) is 16.4. The Hall–Kier alpha value is 0.340. The molecule has 1 aliphatic heterocycles. The molecule has 0 amide bonds. The van der Waals surface area contributed by atoms with Crippen LogP contribution in [0.5, 0.6) is 0 Å². The topological polar surface area (TPSA) is 63.4 Å². The number of thiophene rings is 1. The normalized spacial score (nSPS) is 25.1. The zero-order valence-electron chi connectivity index (χ0n) is 9.87. The molecule has 8 heteroatoms. The average Bonchev–Trinajstić information content (AvgIpc) is 2.84. The Kier molecular flexibility index (Phi) is 5.64. The van der Waals surface area contributed by atoms with E-state index in [1.165, 1.54) is 11.3 Å². The second kappa shape index (κ2) is 6.19. The van der Waals surface area contributed by atoms with Gasteiger partial charge in [0, 0.05) is 17.1 Å². The van der Waals surface area contributed by atoms with Crippen molar-refractivity contribution in [2.45, 2.75) is 23.6 Å². The summed E-state index contributed by atoms with van der Waals surface area (Å²) in [7, 11) is -3.37. The lowest BCUT2D eigenvalue weighted by Crippen LogP contribution is -2.34. The molecule has 0 aliphatic carbocycles. The van der Waals surface area contributed by atoms with Gasteiger partial charge in [-0.05, 0) is 53.2 Å². The molecule has 1 aliphatic rings. The maximum absolute atomic E-state index is 12.5. The quantitative estimate of drug-likeness (QED) is 0.881. The van der Waals surface area contributed by atoms with Crippen molar-refractivity contribution in [3.63, 3.8) is 0 Å². The average molecular weight is 376 g/mol. The molecule has 0 radical (unpaired) electrons. The molecule has 2 unspecified atom stereocenters. The highest BCUT2D eigenvalue weighted by Crippen LogP contribution is 2.35. The zero-order chi connectivity index (χ0) is 12.6. The van der Waals surface area contributed by atoms with Crippen LogP contribution in [0.15, 0.2) is 20.1 Å². The van der Waals surface area contributed by atoms with Crippen LogP contribution in [0.3, 0.4) is 0 Å². The Morgan fingerprint density at radius 3 is 2.72 bits per heavy atom. The lowest BCUT2D eigenvalue weighted by Gasteiger charge is -2.20. The number of nitrogens with two attached hydrogens (primary N) is 1. The van der Waals surface area contributed by atoms with E-state index in [1.807, 2.05) is 6.92 Å². The summed E-state index contributed by atoms with van der Waals surface area (Å²) < 4.78 is 27.5. The van der Waals surface area contributed by atoms with Gasteiger partial charge in [-0.25, -0.2) is 8.42 Å². The summed E-state index contributed by atoms with van der Waals surface area (Å²) in [5, 5.41) is 1.78. The standard InChI is InChI=1S/C10H15BrN2O2S2.ClH/c1-7-4-8(5-12)6-13(7)17(14,15)10-9(11)2-3-16-10;/h2-3,7-8H,4-6,12H2,1H3;1H. The van der Waals surface area contributed by atoms with Gasteiger partial charge >= 0.3 is 0 Å². The van der Waals surface area contributed by atoms with Gasteiger partial charge in [-0.15, -0.1) is 23.7 Å². The number of hydrogen-bond donors (Lipinski definition) is 1. The van der Waals surface area contributed by atoms with Crippen LogP contribution in [-0.4, -0.2) is 31.9 Å². The molecule has 0 saturated carbocycles. The lowest BCUT2D eigenvalue weighted by molar-refractivity contribution is 0.405. The highest BCUT2D eigenvalue weighted by molar-refractivity contribution is 9.10. The third-order valence-electron chi connectivity index (χ3n) is 3.07. The number of sulfonamides is 1. The highest BCUT2D eigenvalue weighted by Gasteiger charge is 2.38. The molecule has 1 aromatic rings. The smallest absolute Gasteiger partial charge is 0.253 e. The third-order valence-corrected chi connectivity index (χ3v) is 7.69. The predicted octanol–water partition coefficient (Wildman–Crippen LogP) is 2.29. The molecule has 4 nitrogen and oxygen atoms in total. The molecule has 0 aromatic carbocycles. The van der Waals surface area contributed by atoms with E-state index in [4.69, 9.17) is 5.73 Å². The number of halogens is 2. The Bertz CT molecular complexity index is 506. The van der Waals surface area contributed by atoms with Crippen LogP contribution in [0.4, 0.5) is 0 Å². The molecule has 1 aromatic heterocycles. The highest BCUT2D eigenvalue weighted by atomic mass is 79.9. The Balaban J connectivity index is 0.00000162. The van der Waals surface area contributed by atoms with E-state index in [9.17, 15) is 8.42 Å². The van der Waals surface area contributed by atoms with Gasteiger partial charge in [0.15, 0.2) is 0 Å². The molecule has 2 rings (SSSR count). The van der Waals surface area contributed by atoms with E-state index in [0.29, 0.717) is 21.8 Å². The van der Waals surface area contributed by atoms with E-state index in [-0.39, 0.29) is 24.4 Å². The molecular weight excluding hydrogens is 360 g/mol. The van der Waals surface area contributed by atoms with Crippen LogP contribution < -0.4 is 5.73 Å². The zero-order valence-corrected chi connectivity index (χ0v) is 13.9. The van der Waals surface area contributed by atoms with Crippen LogP contribution in [0.2, 0.25) is 0 Å².